The number of hydrogen-bond acceptors (Lipinski definition) is 4. The molecule has 4 nitrogen and oxygen atoms in total. The van der Waals surface area contributed by atoms with Gasteiger partial charge < -0.3 is 14.7 Å². The van der Waals surface area contributed by atoms with E-state index in [0.29, 0.717) is 24.6 Å². The maximum absolute atomic E-state index is 12.7. The second-order valence-electron chi connectivity index (χ2n) is 10.8. The van der Waals surface area contributed by atoms with Crippen molar-refractivity contribution < 1.29 is 9.84 Å². The molecule has 1 heterocycles. The average Bonchev–Trinajstić information content (AvgIpc) is 2.91. The smallest absolute Gasteiger partial charge is 0.217 e. The fourth-order valence-corrected chi connectivity index (χ4v) is 5.58. The van der Waals surface area contributed by atoms with Crippen molar-refractivity contribution in [1.82, 2.24) is 9.88 Å². The monoisotopic (exact) mass is 574 g/mol. The van der Waals surface area contributed by atoms with E-state index in [1.54, 1.807) is 7.11 Å². The molecule has 5 heteroatoms. The fraction of sp³-hybridized carbons (Fsp3) is 0.364. The first-order valence-corrected chi connectivity index (χ1v) is 14.1. The molecule has 0 saturated heterocycles. The van der Waals surface area contributed by atoms with Gasteiger partial charge in [0.05, 0.1) is 18.2 Å². The van der Waals surface area contributed by atoms with Crippen molar-refractivity contribution >= 4 is 26.8 Å². The highest BCUT2D eigenvalue weighted by molar-refractivity contribution is 9.10. The van der Waals surface area contributed by atoms with E-state index >= 15 is 0 Å². The molecule has 1 aromatic heterocycles. The van der Waals surface area contributed by atoms with Gasteiger partial charge in [-0.05, 0) is 80.2 Å². The lowest BCUT2D eigenvalue weighted by atomic mass is 9.72. The van der Waals surface area contributed by atoms with Crippen LogP contribution in [0.3, 0.4) is 0 Å². The number of hydrogen-bond donors (Lipinski definition) is 1. The summed E-state index contributed by atoms with van der Waals surface area (Å²) < 4.78 is 6.85. The van der Waals surface area contributed by atoms with Gasteiger partial charge in [-0.3, -0.25) is 0 Å². The van der Waals surface area contributed by atoms with E-state index in [9.17, 15) is 5.11 Å². The van der Waals surface area contributed by atoms with E-state index in [4.69, 9.17) is 9.72 Å². The topological polar surface area (TPSA) is 45.6 Å². The molecule has 4 aromatic rings. The lowest BCUT2D eigenvalue weighted by Gasteiger charge is -2.38. The highest BCUT2D eigenvalue weighted by Crippen LogP contribution is 2.44. The van der Waals surface area contributed by atoms with E-state index in [1.165, 1.54) is 11.1 Å². The van der Waals surface area contributed by atoms with E-state index in [1.807, 2.05) is 30.3 Å². The number of fused-ring (bicyclic) bond motifs is 1. The number of benzene rings is 3. The maximum atomic E-state index is 12.7. The van der Waals surface area contributed by atoms with Crippen LogP contribution in [0.4, 0.5) is 0 Å². The highest BCUT2D eigenvalue weighted by atomic mass is 79.9. The van der Waals surface area contributed by atoms with Crippen LogP contribution in [0, 0.1) is 0 Å². The van der Waals surface area contributed by atoms with Crippen LogP contribution in [-0.4, -0.2) is 48.3 Å². The Morgan fingerprint density at radius 3 is 2.26 bits per heavy atom. The molecule has 0 amide bonds. The standard InChI is InChI=1S/C33H39BrN2O2/c1-23(2)25-13-11-24(12-14-25)17-18-33(37,19-20-36(3)4)31(26-9-7-6-8-10-26)29-22-27-21-28(34)15-16-30(27)35-32(29)38-5/h6-16,21-23,31,37H,17-20H2,1-5H3. The number of pyridine rings is 1. The molecule has 0 saturated carbocycles. The number of aryl methyl sites for hydroxylation is 1. The Labute approximate surface area is 235 Å². The number of aliphatic hydroxyl groups is 1. The molecule has 0 aliphatic heterocycles. The number of ether oxygens (including phenoxy) is 1. The van der Waals surface area contributed by atoms with Gasteiger partial charge in [-0.15, -0.1) is 0 Å². The third-order valence-corrected chi connectivity index (χ3v) is 7.92. The minimum Gasteiger partial charge on any atom is -0.481 e. The van der Waals surface area contributed by atoms with Crippen LogP contribution >= 0.6 is 15.9 Å². The predicted molar refractivity (Wildman–Crippen MR) is 161 cm³/mol. The van der Waals surface area contributed by atoms with Gasteiger partial charge in [-0.25, -0.2) is 4.98 Å². The lowest BCUT2D eigenvalue weighted by molar-refractivity contribution is 0.000776. The number of methoxy groups -OCH3 is 1. The Kier molecular flexibility index (Phi) is 9.24. The van der Waals surface area contributed by atoms with Crippen LogP contribution < -0.4 is 4.74 Å². The van der Waals surface area contributed by atoms with E-state index in [0.717, 1.165) is 39.5 Å². The van der Waals surface area contributed by atoms with Crippen molar-refractivity contribution in [1.29, 1.82) is 0 Å². The largest absolute Gasteiger partial charge is 0.481 e. The molecular formula is C33H39BrN2O2. The van der Waals surface area contributed by atoms with Crippen LogP contribution in [-0.2, 0) is 6.42 Å². The van der Waals surface area contributed by atoms with Crippen LogP contribution in [0.2, 0.25) is 0 Å². The van der Waals surface area contributed by atoms with Gasteiger partial charge in [0.2, 0.25) is 5.88 Å². The van der Waals surface area contributed by atoms with Crippen molar-refractivity contribution in [2.24, 2.45) is 0 Å². The van der Waals surface area contributed by atoms with Gasteiger partial charge in [-0.2, -0.15) is 0 Å². The molecule has 0 bridgehead atoms. The van der Waals surface area contributed by atoms with Gasteiger partial charge in [0, 0.05) is 27.9 Å². The zero-order chi connectivity index (χ0) is 27.3. The zero-order valence-corrected chi connectivity index (χ0v) is 24.7. The Hall–Kier alpha value is -2.73. The van der Waals surface area contributed by atoms with Crippen molar-refractivity contribution in [3.8, 4) is 5.88 Å². The zero-order valence-electron chi connectivity index (χ0n) is 23.1. The quantitative estimate of drug-likeness (QED) is 0.200. The Balaban J connectivity index is 1.82. The van der Waals surface area contributed by atoms with Crippen LogP contribution in [0.25, 0.3) is 10.9 Å². The maximum Gasteiger partial charge on any atom is 0.217 e. The molecule has 2 unspecified atom stereocenters. The molecule has 1 N–H and O–H groups in total. The molecular weight excluding hydrogens is 536 g/mol. The summed E-state index contributed by atoms with van der Waals surface area (Å²) >= 11 is 3.61. The first-order chi connectivity index (χ1) is 18.2. The van der Waals surface area contributed by atoms with Crippen LogP contribution in [0.1, 0.15) is 60.8 Å². The number of halogens is 1. The molecule has 0 aliphatic rings. The SMILES string of the molecule is COc1nc2ccc(Br)cc2cc1C(c1ccccc1)C(O)(CCc1ccc(C(C)C)cc1)CCN(C)C. The lowest BCUT2D eigenvalue weighted by Crippen LogP contribution is -2.40. The molecule has 2 atom stereocenters. The summed E-state index contributed by atoms with van der Waals surface area (Å²) in [6.07, 6.45) is 2.00. The second kappa shape index (κ2) is 12.4. The minimum absolute atomic E-state index is 0.315. The predicted octanol–water partition coefficient (Wildman–Crippen LogP) is 7.58. The fourth-order valence-electron chi connectivity index (χ4n) is 5.20. The Bertz CT molecular complexity index is 1340. The normalized spacial score (nSPS) is 14.1. The molecule has 4 rings (SSSR count). The van der Waals surface area contributed by atoms with Gasteiger partial charge in [-0.1, -0.05) is 84.4 Å². The van der Waals surface area contributed by atoms with Crippen molar-refractivity contribution in [2.75, 3.05) is 27.7 Å². The van der Waals surface area contributed by atoms with Gasteiger partial charge in [0.1, 0.15) is 0 Å². The summed E-state index contributed by atoms with van der Waals surface area (Å²) in [4.78, 5) is 7.01. The summed E-state index contributed by atoms with van der Waals surface area (Å²) in [6.45, 7) is 5.19. The first kappa shape index (κ1) is 28.3. The Morgan fingerprint density at radius 1 is 0.921 bits per heavy atom. The minimum atomic E-state index is -1.03. The summed E-state index contributed by atoms with van der Waals surface area (Å²) in [7, 11) is 5.77. The van der Waals surface area contributed by atoms with Crippen molar-refractivity contribution in [3.05, 3.63) is 106 Å². The third-order valence-electron chi connectivity index (χ3n) is 7.43. The molecule has 0 radical (unpaired) electrons. The number of nitrogens with zero attached hydrogens (tertiary/aromatic N) is 2. The second-order valence-corrected chi connectivity index (χ2v) is 11.7. The molecule has 0 spiro atoms. The van der Waals surface area contributed by atoms with Gasteiger partial charge in [0.25, 0.3) is 0 Å². The molecule has 3 aromatic carbocycles. The summed E-state index contributed by atoms with van der Waals surface area (Å²) in [6, 6.07) is 27.3. The van der Waals surface area contributed by atoms with E-state index in [2.05, 4.69) is 97.3 Å². The van der Waals surface area contributed by atoms with Crippen LogP contribution in [0.5, 0.6) is 5.88 Å². The van der Waals surface area contributed by atoms with Crippen LogP contribution in [0.15, 0.2) is 83.3 Å². The summed E-state index contributed by atoms with van der Waals surface area (Å²) in [5.41, 5.74) is 4.35. The van der Waals surface area contributed by atoms with Crippen molar-refractivity contribution in [3.63, 3.8) is 0 Å². The van der Waals surface area contributed by atoms with E-state index < -0.39 is 5.60 Å². The number of aromatic nitrogens is 1. The Morgan fingerprint density at radius 2 is 1.63 bits per heavy atom. The van der Waals surface area contributed by atoms with Gasteiger partial charge in [0.15, 0.2) is 0 Å². The molecule has 200 valence electrons. The summed E-state index contributed by atoms with van der Waals surface area (Å²) in [5.74, 6) is 0.735. The first-order valence-electron chi connectivity index (χ1n) is 13.4. The molecule has 38 heavy (non-hydrogen) atoms. The highest BCUT2D eigenvalue weighted by Gasteiger charge is 2.40. The average molecular weight is 576 g/mol. The van der Waals surface area contributed by atoms with E-state index in [-0.39, 0.29) is 5.92 Å². The molecule has 0 aliphatic carbocycles. The number of rotatable bonds is 11. The van der Waals surface area contributed by atoms with Gasteiger partial charge >= 0.3 is 0 Å². The van der Waals surface area contributed by atoms with Crippen molar-refractivity contribution in [2.45, 2.75) is 50.5 Å². The molecule has 0 fully saturated rings. The summed E-state index contributed by atoms with van der Waals surface area (Å²) in [5, 5.41) is 13.7. The third kappa shape index (κ3) is 6.63.